The summed E-state index contributed by atoms with van der Waals surface area (Å²) < 4.78 is 0. The monoisotopic (exact) mass is 476 g/mol. The van der Waals surface area contributed by atoms with Crippen molar-refractivity contribution < 1.29 is 5.11 Å². The van der Waals surface area contributed by atoms with Crippen LogP contribution in [0.1, 0.15) is 53.6 Å². The zero-order valence-electron chi connectivity index (χ0n) is 21.2. The molecule has 0 spiro atoms. The second-order valence-electron chi connectivity index (χ2n) is 10.2. The van der Waals surface area contributed by atoms with E-state index in [4.69, 9.17) is 0 Å². The van der Waals surface area contributed by atoms with Crippen molar-refractivity contribution in [1.29, 1.82) is 0 Å². The fourth-order valence-electron chi connectivity index (χ4n) is 5.29. The van der Waals surface area contributed by atoms with Gasteiger partial charge in [-0.2, -0.15) is 0 Å². The lowest BCUT2D eigenvalue weighted by molar-refractivity contribution is 0.120. The molecule has 0 aromatic heterocycles. The van der Waals surface area contributed by atoms with E-state index in [2.05, 4.69) is 122 Å². The molecular formula is C33H36N2O. The minimum atomic E-state index is -0.543. The lowest BCUT2D eigenvalue weighted by Gasteiger charge is -2.29. The molecule has 0 fully saturated rings. The average molecular weight is 477 g/mol. The number of hydrogen-bond donors (Lipinski definition) is 3. The summed E-state index contributed by atoms with van der Waals surface area (Å²) in [5.41, 5.74) is 8.93. The Balaban J connectivity index is 1.34. The summed E-state index contributed by atoms with van der Waals surface area (Å²) in [6, 6.07) is 36.4. The van der Waals surface area contributed by atoms with Crippen LogP contribution in [0.25, 0.3) is 11.1 Å². The Labute approximate surface area is 215 Å². The first-order valence-corrected chi connectivity index (χ1v) is 13.1. The van der Waals surface area contributed by atoms with E-state index in [9.17, 15) is 5.11 Å². The maximum atomic E-state index is 11.4. The van der Waals surface area contributed by atoms with Crippen LogP contribution in [0.15, 0.2) is 103 Å². The van der Waals surface area contributed by atoms with Gasteiger partial charge in [0.15, 0.2) is 0 Å². The van der Waals surface area contributed by atoms with E-state index in [1.54, 1.807) is 0 Å². The first kappa shape index (κ1) is 24.5. The van der Waals surface area contributed by atoms with Crippen molar-refractivity contribution in [3.05, 3.63) is 131 Å². The zero-order chi connectivity index (χ0) is 24.9. The molecule has 0 unspecified atom stereocenters. The number of aliphatic hydroxyl groups is 1. The zero-order valence-corrected chi connectivity index (χ0v) is 21.2. The van der Waals surface area contributed by atoms with Gasteiger partial charge in [-0.25, -0.2) is 0 Å². The van der Waals surface area contributed by atoms with Gasteiger partial charge in [0, 0.05) is 19.1 Å². The molecule has 184 valence electrons. The van der Waals surface area contributed by atoms with Crippen LogP contribution in [0.2, 0.25) is 0 Å². The number of hydrogen-bond acceptors (Lipinski definition) is 3. The normalized spacial score (nSPS) is 14.4. The molecule has 1 aliphatic carbocycles. The van der Waals surface area contributed by atoms with E-state index in [1.807, 2.05) is 6.07 Å². The molecule has 0 heterocycles. The molecule has 3 nitrogen and oxygen atoms in total. The molecule has 1 aliphatic rings. The van der Waals surface area contributed by atoms with E-state index >= 15 is 0 Å². The van der Waals surface area contributed by atoms with Crippen molar-refractivity contribution >= 4 is 0 Å². The molecule has 4 aromatic rings. The van der Waals surface area contributed by atoms with Gasteiger partial charge in [0.05, 0.1) is 12.1 Å². The van der Waals surface area contributed by atoms with Crippen LogP contribution < -0.4 is 10.6 Å². The largest absolute Gasteiger partial charge is 0.390 e. The lowest BCUT2D eigenvalue weighted by Crippen LogP contribution is -2.47. The van der Waals surface area contributed by atoms with E-state index in [0.29, 0.717) is 12.5 Å². The number of fused-ring (bicyclic) bond motifs is 3. The molecule has 2 atom stereocenters. The van der Waals surface area contributed by atoms with Crippen molar-refractivity contribution in [1.82, 2.24) is 10.6 Å². The Morgan fingerprint density at radius 2 is 1.33 bits per heavy atom. The molecule has 0 amide bonds. The summed E-state index contributed by atoms with van der Waals surface area (Å²) in [7, 11) is 0. The Bertz CT molecular complexity index is 1240. The first-order chi connectivity index (χ1) is 17.6. The summed E-state index contributed by atoms with van der Waals surface area (Å²) in [6.45, 7) is 5.70. The van der Waals surface area contributed by atoms with Gasteiger partial charge in [-0.05, 0) is 51.3 Å². The highest BCUT2D eigenvalue weighted by Gasteiger charge is 2.31. The molecule has 5 rings (SSSR count). The van der Waals surface area contributed by atoms with Crippen LogP contribution in [0.4, 0.5) is 0 Å². The number of aliphatic hydroxyl groups excluding tert-OH is 1. The van der Waals surface area contributed by atoms with Crippen LogP contribution in [0.5, 0.6) is 0 Å². The molecule has 0 aliphatic heterocycles. The molecule has 0 saturated heterocycles. The summed E-state index contributed by atoms with van der Waals surface area (Å²) >= 11 is 0. The van der Waals surface area contributed by atoms with Crippen molar-refractivity contribution in [2.24, 2.45) is 0 Å². The van der Waals surface area contributed by atoms with Crippen molar-refractivity contribution in [3.8, 4) is 11.1 Å². The fraction of sp³-hybridized carbons (Fsp3) is 0.273. The summed E-state index contributed by atoms with van der Waals surface area (Å²) in [5, 5.41) is 18.8. The van der Waals surface area contributed by atoms with Gasteiger partial charge in [0.1, 0.15) is 0 Å². The first-order valence-electron chi connectivity index (χ1n) is 13.1. The highest BCUT2D eigenvalue weighted by atomic mass is 16.3. The molecule has 0 bridgehead atoms. The predicted molar refractivity (Wildman–Crippen MR) is 149 cm³/mol. The molecule has 3 N–H and O–H groups in total. The predicted octanol–water partition coefficient (Wildman–Crippen LogP) is 6.23. The Morgan fingerprint density at radius 1 is 0.722 bits per heavy atom. The smallest absolute Gasteiger partial charge is 0.0820 e. The third-order valence-electron chi connectivity index (χ3n) is 7.28. The quantitative estimate of drug-likeness (QED) is 0.254. The van der Waals surface area contributed by atoms with Crippen molar-refractivity contribution in [3.63, 3.8) is 0 Å². The van der Waals surface area contributed by atoms with Crippen molar-refractivity contribution in [2.45, 2.75) is 50.9 Å². The van der Waals surface area contributed by atoms with Crippen LogP contribution in [0, 0.1) is 0 Å². The van der Waals surface area contributed by atoms with Crippen LogP contribution >= 0.6 is 0 Å². The average Bonchev–Trinajstić information content (AvgIpc) is 3.22. The second-order valence-corrected chi connectivity index (χ2v) is 10.2. The van der Waals surface area contributed by atoms with E-state index in [1.165, 1.54) is 38.9 Å². The summed E-state index contributed by atoms with van der Waals surface area (Å²) in [6.07, 6.45) is 0.214. The molecule has 4 aromatic carbocycles. The highest BCUT2D eigenvalue weighted by Crippen LogP contribution is 2.43. The highest BCUT2D eigenvalue weighted by molar-refractivity contribution is 5.78. The minimum absolute atomic E-state index is 0.0588. The van der Waals surface area contributed by atoms with Crippen LogP contribution in [-0.4, -0.2) is 23.8 Å². The summed E-state index contributed by atoms with van der Waals surface area (Å²) in [4.78, 5) is 0. The van der Waals surface area contributed by atoms with E-state index in [-0.39, 0.29) is 12.1 Å². The maximum absolute atomic E-state index is 11.4. The topological polar surface area (TPSA) is 44.3 Å². The van der Waals surface area contributed by atoms with Gasteiger partial charge < -0.3 is 15.7 Å². The maximum Gasteiger partial charge on any atom is 0.0820 e. The Kier molecular flexibility index (Phi) is 7.62. The van der Waals surface area contributed by atoms with Crippen molar-refractivity contribution in [2.75, 3.05) is 6.54 Å². The molecule has 3 heteroatoms. The lowest BCUT2D eigenvalue weighted by atomic mass is 9.97. The van der Waals surface area contributed by atoms with Gasteiger partial charge >= 0.3 is 0 Å². The van der Waals surface area contributed by atoms with Crippen LogP contribution in [-0.2, 0) is 13.0 Å². The van der Waals surface area contributed by atoms with E-state index in [0.717, 1.165) is 13.0 Å². The fourth-order valence-corrected chi connectivity index (χ4v) is 5.29. The molecule has 36 heavy (non-hydrogen) atoms. The van der Waals surface area contributed by atoms with E-state index < -0.39 is 6.10 Å². The standard InChI is InChI=1S/C33H36N2O/c1-23(2)26-14-10-13-25(19-26)21-34-22-32(36)31(20-24-11-4-3-5-12-24)35-33-29-17-8-6-15-27(29)28-16-7-9-18-30(28)33/h3-19,23,31-36H,20-22H2,1-2H3/t31-,32+/m0/s1. The molecule has 0 saturated carbocycles. The number of rotatable bonds is 10. The van der Waals surface area contributed by atoms with Gasteiger partial charge in [-0.15, -0.1) is 0 Å². The molecule has 0 radical (unpaired) electrons. The second kappa shape index (κ2) is 11.2. The Morgan fingerprint density at radius 3 is 2.00 bits per heavy atom. The third kappa shape index (κ3) is 5.44. The van der Waals surface area contributed by atoms with Gasteiger partial charge in [-0.3, -0.25) is 0 Å². The SMILES string of the molecule is CC(C)c1cccc(CNC[C@@H](O)[C@H](Cc2ccccc2)NC2c3ccccc3-c3ccccc32)c1. The minimum Gasteiger partial charge on any atom is -0.390 e. The number of benzene rings is 4. The summed E-state index contributed by atoms with van der Waals surface area (Å²) in [5.74, 6) is 0.507. The number of nitrogens with one attached hydrogen (secondary N) is 2. The van der Waals surface area contributed by atoms with Gasteiger partial charge in [0.25, 0.3) is 0 Å². The van der Waals surface area contributed by atoms with Crippen LogP contribution in [0.3, 0.4) is 0 Å². The third-order valence-corrected chi connectivity index (χ3v) is 7.28. The Hall–Kier alpha value is -3.24. The van der Waals surface area contributed by atoms with Gasteiger partial charge in [-0.1, -0.05) is 117 Å². The van der Waals surface area contributed by atoms with Gasteiger partial charge in [0.2, 0.25) is 0 Å². The molecular weight excluding hydrogens is 440 g/mol.